The van der Waals surface area contributed by atoms with Crippen molar-refractivity contribution in [2.75, 3.05) is 18.1 Å². The lowest BCUT2D eigenvalue weighted by Gasteiger charge is -2.19. The number of carbonyl (C=O) groups is 2. The minimum absolute atomic E-state index is 0.0224. The highest BCUT2D eigenvalue weighted by molar-refractivity contribution is 5.97. The van der Waals surface area contributed by atoms with Gasteiger partial charge < -0.3 is 9.64 Å². The molecule has 0 aliphatic rings. The van der Waals surface area contributed by atoms with E-state index in [1.54, 1.807) is 28.6 Å². The van der Waals surface area contributed by atoms with Crippen molar-refractivity contribution in [3.63, 3.8) is 0 Å². The maximum absolute atomic E-state index is 12.4. The lowest BCUT2D eigenvalue weighted by molar-refractivity contribution is -0.116. The first-order valence-electron chi connectivity index (χ1n) is 8.45. The summed E-state index contributed by atoms with van der Waals surface area (Å²) in [6, 6.07) is 9.19. The number of ether oxygens (including phenoxy) is 1. The minimum atomic E-state index is -0.449. The number of nitrogens with zero attached hydrogens (tertiary/aromatic N) is 4. The summed E-state index contributed by atoms with van der Waals surface area (Å²) in [5.41, 5.74) is 3.17. The van der Waals surface area contributed by atoms with Gasteiger partial charge in [-0.25, -0.2) is 14.3 Å². The third-order valence-corrected chi connectivity index (χ3v) is 4.06. The van der Waals surface area contributed by atoms with Gasteiger partial charge in [0.2, 0.25) is 5.91 Å². The second kappa shape index (κ2) is 7.35. The third-order valence-electron chi connectivity index (χ3n) is 4.06. The van der Waals surface area contributed by atoms with Crippen LogP contribution in [-0.2, 0) is 9.53 Å². The standard InChI is InChI=1S/C19H20N4O3/c1-4-22(13(3)24)15-8-6-14(7-9-15)18-16(19(25)26-5-2)12-20-17-10-11-21-23(17)18/h6-12H,4-5H2,1-3H3. The van der Waals surface area contributed by atoms with Crippen molar-refractivity contribution in [1.29, 1.82) is 0 Å². The van der Waals surface area contributed by atoms with Crippen molar-refractivity contribution in [1.82, 2.24) is 14.6 Å². The zero-order valence-electron chi connectivity index (χ0n) is 15.0. The Labute approximate surface area is 151 Å². The van der Waals surface area contributed by atoms with E-state index in [4.69, 9.17) is 4.74 Å². The quantitative estimate of drug-likeness (QED) is 0.660. The number of fused-ring (bicyclic) bond motifs is 1. The van der Waals surface area contributed by atoms with Crippen molar-refractivity contribution in [2.24, 2.45) is 0 Å². The molecule has 0 spiro atoms. The van der Waals surface area contributed by atoms with Crippen LogP contribution in [0.25, 0.3) is 16.9 Å². The predicted molar refractivity (Wildman–Crippen MR) is 98.1 cm³/mol. The number of anilines is 1. The molecule has 3 aromatic rings. The van der Waals surface area contributed by atoms with E-state index in [1.807, 2.05) is 31.2 Å². The van der Waals surface area contributed by atoms with E-state index in [-0.39, 0.29) is 12.5 Å². The highest BCUT2D eigenvalue weighted by Crippen LogP contribution is 2.27. The van der Waals surface area contributed by atoms with Crippen LogP contribution in [0.4, 0.5) is 5.69 Å². The van der Waals surface area contributed by atoms with E-state index in [0.29, 0.717) is 23.4 Å². The first-order valence-corrected chi connectivity index (χ1v) is 8.45. The van der Waals surface area contributed by atoms with Crippen LogP contribution in [0, 0.1) is 0 Å². The summed E-state index contributed by atoms with van der Waals surface area (Å²) in [5.74, 6) is -0.471. The summed E-state index contributed by atoms with van der Waals surface area (Å²) < 4.78 is 6.77. The molecule has 2 heterocycles. The van der Waals surface area contributed by atoms with Crippen molar-refractivity contribution in [3.05, 3.63) is 48.3 Å². The second-order valence-corrected chi connectivity index (χ2v) is 5.65. The van der Waals surface area contributed by atoms with Crippen LogP contribution in [0.1, 0.15) is 31.1 Å². The van der Waals surface area contributed by atoms with Crippen molar-refractivity contribution >= 4 is 23.2 Å². The number of hydrogen-bond donors (Lipinski definition) is 0. The van der Waals surface area contributed by atoms with Gasteiger partial charge in [-0.15, -0.1) is 0 Å². The van der Waals surface area contributed by atoms with E-state index in [0.717, 1.165) is 11.3 Å². The fourth-order valence-corrected chi connectivity index (χ4v) is 2.89. The largest absolute Gasteiger partial charge is 0.462 e. The van der Waals surface area contributed by atoms with Crippen LogP contribution in [-0.4, -0.2) is 39.6 Å². The zero-order chi connectivity index (χ0) is 18.7. The molecule has 0 N–H and O–H groups in total. The Hall–Kier alpha value is -3.22. The molecule has 0 bridgehead atoms. The van der Waals surface area contributed by atoms with Crippen molar-refractivity contribution in [3.8, 4) is 11.3 Å². The summed E-state index contributed by atoms with van der Waals surface area (Å²) in [5, 5.41) is 4.28. The number of aromatic nitrogens is 3. The Balaban J connectivity index is 2.12. The first-order chi connectivity index (χ1) is 12.6. The van der Waals surface area contributed by atoms with Crippen LogP contribution in [0.5, 0.6) is 0 Å². The Bertz CT molecular complexity index is 947. The Morgan fingerprint density at radius 3 is 2.50 bits per heavy atom. The van der Waals surface area contributed by atoms with Crippen LogP contribution in [0.2, 0.25) is 0 Å². The van der Waals surface area contributed by atoms with Crippen LogP contribution in [0.3, 0.4) is 0 Å². The van der Waals surface area contributed by atoms with Crippen LogP contribution >= 0.6 is 0 Å². The first kappa shape index (κ1) is 17.6. The van der Waals surface area contributed by atoms with Gasteiger partial charge in [-0.1, -0.05) is 12.1 Å². The molecular weight excluding hydrogens is 332 g/mol. The number of benzene rings is 1. The van der Waals surface area contributed by atoms with Gasteiger partial charge >= 0.3 is 5.97 Å². The molecule has 0 saturated carbocycles. The fourth-order valence-electron chi connectivity index (χ4n) is 2.89. The van der Waals surface area contributed by atoms with Gasteiger partial charge in [0.1, 0.15) is 5.56 Å². The summed E-state index contributed by atoms with van der Waals surface area (Å²) in [4.78, 5) is 30.0. The fraction of sp³-hybridized carbons (Fsp3) is 0.263. The third kappa shape index (κ3) is 3.15. The average Bonchev–Trinajstić information content (AvgIpc) is 3.11. The normalized spacial score (nSPS) is 10.7. The molecular formula is C19H20N4O3. The Morgan fingerprint density at radius 2 is 1.88 bits per heavy atom. The molecule has 7 nitrogen and oxygen atoms in total. The zero-order valence-corrected chi connectivity index (χ0v) is 15.0. The highest BCUT2D eigenvalue weighted by Gasteiger charge is 2.19. The SMILES string of the molecule is CCOC(=O)c1cnc2ccnn2c1-c1ccc(N(CC)C(C)=O)cc1. The molecule has 0 saturated heterocycles. The molecule has 0 fully saturated rings. The molecule has 0 aliphatic carbocycles. The number of amides is 1. The molecule has 134 valence electrons. The maximum Gasteiger partial charge on any atom is 0.341 e. The van der Waals surface area contributed by atoms with Gasteiger partial charge in [-0.3, -0.25) is 4.79 Å². The van der Waals surface area contributed by atoms with Crippen LogP contribution in [0.15, 0.2) is 42.7 Å². The van der Waals surface area contributed by atoms with Gasteiger partial charge in [0.15, 0.2) is 5.65 Å². The van der Waals surface area contributed by atoms with Gasteiger partial charge in [-0.05, 0) is 26.0 Å². The topological polar surface area (TPSA) is 76.8 Å². The predicted octanol–water partition coefficient (Wildman–Crippen LogP) is 2.95. The second-order valence-electron chi connectivity index (χ2n) is 5.65. The number of esters is 1. The number of carbonyl (C=O) groups excluding carboxylic acids is 2. The molecule has 0 unspecified atom stereocenters. The van der Waals surface area contributed by atoms with E-state index < -0.39 is 5.97 Å². The number of rotatable bonds is 5. The Kier molecular flexibility index (Phi) is 4.97. The van der Waals surface area contributed by atoms with Gasteiger partial charge in [0, 0.05) is 37.0 Å². The molecule has 2 aromatic heterocycles. The van der Waals surface area contributed by atoms with E-state index in [2.05, 4.69) is 10.1 Å². The molecule has 7 heteroatoms. The van der Waals surface area contributed by atoms with Crippen molar-refractivity contribution < 1.29 is 14.3 Å². The molecule has 1 amide bonds. The summed E-state index contributed by atoms with van der Waals surface area (Å²) >= 11 is 0. The lowest BCUT2D eigenvalue weighted by Crippen LogP contribution is -2.27. The van der Waals surface area contributed by atoms with Gasteiger partial charge in [-0.2, -0.15) is 5.10 Å². The number of hydrogen-bond acceptors (Lipinski definition) is 5. The van der Waals surface area contributed by atoms with E-state index in [9.17, 15) is 9.59 Å². The summed E-state index contributed by atoms with van der Waals surface area (Å²) in [7, 11) is 0. The van der Waals surface area contributed by atoms with Crippen LogP contribution < -0.4 is 4.90 Å². The van der Waals surface area contributed by atoms with Gasteiger partial charge in [0.25, 0.3) is 0 Å². The molecule has 0 aliphatic heterocycles. The molecule has 26 heavy (non-hydrogen) atoms. The van der Waals surface area contributed by atoms with E-state index >= 15 is 0 Å². The van der Waals surface area contributed by atoms with Gasteiger partial charge in [0.05, 0.1) is 18.5 Å². The molecule has 1 aromatic carbocycles. The molecule has 0 radical (unpaired) electrons. The highest BCUT2D eigenvalue weighted by atomic mass is 16.5. The Morgan fingerprint density at radius 1 is 1.15 bits per heavy atom. The average molecular weight is 352 g/mol. The smallest absolute Gasteiger partial charge is 0.341 e. The molecule has 0 atom stereocenters. The van der Waals surface area contributed by atoms with E-state index in [1.165, 1.54) is 13.1 Å². The lowest BCUT2D eigenvalue weighted by atomic mass is 10.1. The maximum atomic E-state index is 12.4. The monoisotopic (exact) mass is 352 g/mol. The summed E-state index contributed by atoms with van der Waals surface area (Å²) in [6.07, 6.45) is 3.13. The minimum Gasteiger partial charge on any atom is -0.462 e. The van der Waals surface area contributed by atoms with Crippen molar-refractivity contribution in [2.45, 2.75) is 20.8 Å². The summed E-state index contributed by atoms with van der Waals surface area (Å²) in [6.45, 7) is 6.07. The molecule has 3 rings (SSSR count).